The molecule has 1 saturated carbocycles. The molecule has 4 atom stereocenters. The third-order valence-electron chi connectivity index (χ3n) is 6.41. The summed E-state index contributed by atoms with van der Waals surface area (Å²) in [5.74, 6) is 1.17. The van der Waals surface area contributed by atoms with Crippen molar-refractivity contribution in [2.24, 2.45) is 17.8 Å². The van der Waals surface area contributed by atoms with Crippen LogP contribution in [0.15, 0.2) is 24.3 Å². The van der Waals surface area contributed by atoms with Crippen LogP contribution >= 0.6 is 0 Å². The summed E-state index contributed by atoms with van der Waals surface area (Å²) in [6, 6.07) is 8.70. The second-order valence-electron chi connectivity index (χ2n) is 8.36. The van der Waals surface area contributed by atoms with Gasteiger partial charge in [0.2, 0.25) is 11.8 Å². The number of hydrogen-bond acceptors (Lipinski definition) is 2. The highest BCUT2D eigenvalue weighted by Gasteiger charge is 2.36. The standard InChI is InChI=1S/C22H32N2O2/c1-15-7-9-18(10-8-15)11-12-24-14-19(13-21(24)25)22(26)23-20-6-4-5-16(2)17(20)3/h7-10,16-17,19-20H,4-6,11-14H2,1-3H3,(H,23,26). The zero-order valence-electron chi connectivity index (χ0n) is 16.3. The molecule has 0 spiro atoms. The number of rotatable bonds is 5. The van der Waals surface area contributed by atoms with Crippen LogP contribution in [-0.2, 0) is 16.0 Å². The van der Waals surface area contributed by atoms with Gasteiger partial charge in [-0.3, -0.25) is 9.59 Å². The number of hydrogen-bond donors (Lipinski definition) is 1. The highest BCUT2D eigenvalue weighted by atomic mass is 16.2. The molecule has 26 heavy (non-hydrogen) atoms. The van der Waals surface area contributed by atoms with E-state index in [4.69, 9.17) is 0 Å². The normalized spacial score (nSPS) is 29.0. The lowest BCUT2D eigenvalue weighted by molar-refractivity contribution is -0.129. The lowest BCUT2D eigenvalue weighted by Gasteiger charge is -2.35. The summed E-state index contributed by atoms with van der Waals surface area (Å²) in [6.45, 7) is 7.85. The minimum absolute atomic E-state index is 0.0714. The molecule has 4 unspecified atom stereocenters. The van der Waals surface area contributed by atoms with Crippen LogP contribution in [0.3, 0.4) is 0 Å². The quantitative estimate of drug-likeness (QED) is 0.880. The van der Waals surface area contributed by atoms with Gasteiger partial charge >= 0.3 is 0 Å². The molecule has 2 amide bonds. The van der Waals surface area contributed by atoms with Crippen molar-refractivity contribution < 1.29 is 9.59 Å². The Morgan fingerprint density at radius 1 is 1.19 bits per heavy atom. The monoisotopic (exact) mass is 356 g/mol. The van der Waals surface area contributed by atoms with E-state index in [9.17, 15) is 9.59 Å². The Labute approximate surface area is 157 Å². The van der Waals surface area contributed by atoms with Crippen LogP contribution in [0.25, 0.3) is 0 Å². The van der Waals surface area contributed by atoms with Gasteiger partial charge in [0.15, 0.2) is 0 Å². The molecule has 1 aromatic rings. The predicted molar refractivity (Wildman–Crippen MR) is 104 cm³/mol. The molecule has 1 aliphatic carbocycles. The van der Waals surface area contributed by atoms with E-state index in [1.807, 2.05) is 4.90 Å². The van der Waals surface area contributed by atoms with Crippen LogP contribution in [0.2, 0.25) is 0 Å². The minimum Gasteiger partial charge on any atom is -0.353 e. The van der Waals surface area contributed by atoms with Crippen molar-refractivity contribution in [1.29, 1.82) is 0 Å². The maximum atomic E-state index is 12.7. The number of aryl methyl sites for hydroxylation is 1. The molecule has 0 radical (unpaired) electrons. The second kappa shape index (κ2) is 8.24. The summed E-state index contributed by atoms with van der Waals surface area (Å²) in [5.41, 5.74) is 2.48. The summed E-state index contributed by atoms with van der Waals surface area (Å²) < 4.78 is 0. The average Bonchev–Trinajstić information content (AvgIpc) is 2.99. The first-order chi connectivity index (χ1) is 12.4. The van der Waals surface area contributed by atoms with Crippen LogP contribution < -0.4 is 5.32 Å². The average molecular weight is 357 g/mol. The van der Waals surface area contributed by atoms with Gasteiger partial charge in [0, 0.05) is 25.6 Å². The third kappa shape index (κ3) is 4.46. The number of carbonyl (C=O) groups excluding carboxylic acids is 2. The molecule has 142 valence electrons. The van der Waals surface area contributed by atoms with Gasteiger partial charge in [-0.05, 0) is 37.2 Å². The number of nitrogens with one attached hydrogen (secondary N) is 1. The molecule has 0 aromatic heterocycles. The van der Waals surface area contributed by atoms with Crippen LogP contribution in [0, 0.1) is 24.7 Å². The van der Waals surface area contributed by atoms with E-state index in [-0.39, 0.29) is 23.8 Å². The molecule has 2 fully saturated rings. The van der Waals surface area contributed by atoms with Crippen molar-refractivity contribution in [3.05, 3.63) is 35.4 Å². The lowest BCUT2D eigenvalue weighted by atomic mass is 9.78. The summed E-state index contributed by atoms with van der Waals surface area (Å²) >= 11 is 0. The van der Waals surface area contributed by atoms with Crippen molar-refractivity contribution in [2.75, 3.05) is 13.1 Å². The van der Waals surface area contributed by atoms with Crippen molar-refractivity contribution in [3.63, 3.8) is 0 Å². The zero-order chi connectivity index (χ0) is 18.7. The van der Waals surface area contributed by atoms with E-state index in [0.29, 0.717) is 31.3 Å². The Hall–Kier alpha value is -1.84. The van der Waals surface area contributed by atoms with E-state index in [1.165, 1.54) is 24.0 Å². The van der Waals surface area contributed by atoms with Gasteiger partial charge in [-0.15, -0.1) is 0 Å². The highest BCUT2D eigenvalue weighted by Crippen LogP contribution is 2.30. The van der Waals surface area contributed by atoms with Crippen LogP contribution in [-0.4, -0.2) is 35.8 Å². The fourth-order valence-corrected chi connectivity index (χ4v) is 4.27. The van der Waals surface area contributed by atoms with Gasteiger partial charge in [0.1, 0.15) is 0 Å². The zero-order valence-corrected chi connectivity index (χ0v) is 16.3. The first-order valence-corrected chi connectivity index (χ1v) is 10.1. The lowest BCUT2D eigenvalue weighted by Crippen LogP contribution is -2.46. The molecule has 1 heterocycles. The number of nitrogens with zero attached hydrogens (tertiary/aromatic N) is 1. The van der Waals surface area contributed by atoms with Gasteiger partial charge in [0.25, 0.3) is 0 Å². The first kappa shape index (κ1) is 18.9. The molecular weight excluding hydrogens is 324 g/mol. The summed E-state index contributed by atoms with van der Waals surface area (Å²) in [5, 5.41) is 3.24. The molecule has 1 aliphatic heterocycles. The van der Waals surface area contributed by atoms with Crippen molar-refractivity contribution in [2.45, 2.75) is 58.9 Å². The van der Waals surface area contributed by atoms with Crippen molar-refractivity contribution >= 4 is 11.8 Å². The van der Waals surface area contributed by atoms with Gasteiger partial charge in [-0.2, -0.15) is 0 Å². The van der Waals surface area contributed by atoms with E-state index in [1.54, 1.807) is 0 Å². The maximum Gasteiger partial charge on any atom is 0.225 e. The predicted octanol–water partition coefficient (Wildman–Crippen LogP) is 3.33. The van der Waals surface area contributed by atoms with E-state index in [0.717, 1.165) is 12.8 Å². The van der Waals surface area contributed by atoms with Crippen LogP contribution in [0.4, 0.5) is 0 Å². The number of amides is 2. The Balaban J connectivity index is 1.50. The summed E-state index contributed by atoms with van der Waals surface area (Å²) in [6.07, 6.45) is 4.70. The fourth-order valence-electron chi connectivity index (χ4n) is 4.27. The Morgan fingerprint density at radius 3 is 2.65 bits per heavy atom. The fraction of sp³-hybridized carbons (Fsp3) is 0.636. The molecule has 0 bridgehead atoms. The van der Waals surface area contributed by atoms with E-state index < -0.39 is 0 Å². The first-order valence-electron chi connectivity index (χ1n) is 10.1. The summed E-state index contributed by atoms with van der Waals surface area (Å²) in [4.78, 5) is 26.9. The molecule has 4 nitrogen and oxygen atoms in total. The van der Waals surface area contributed by atoms with Gasteiger partial charge in [0.05, 0.1) is 5.92 Å². The van der Waals surface area contributed by atoms with Crippen molar-refractivity contribution in [1.82, 2.24) is 10.2 Å². The number of benzene rings is 1. The highest BCUT2D eigenvalue weighted by molar-refractivity contribution is 5.89. The van der Waals surface area contributed by atoms with Gasteiger partial charge in [-0.1, -0.05) is 56.5 Å². The van der Waals surface area contributed by atoms with Gasteiger partial charge in [-0.25, -0.2) is 0 Å². The molecule has 3 rings (SSSR count). The smallest absolute Gasteiger partial charge is 0.225 e. The minimum atomic E-state index is -0.190. The molecule has 1 aromatic carbocycles. The number of carbonyl (C=O) groups is 2. The Morgan fingerprint density at radius 2 is 1.92 bits per heavy atom. The number of likely N-dealkylation sites (tertiary alicyclic amines) is 1. The second-order valence-corrected chi connectivity index (χ2v) is 8.36. The van der Waals surface area contributed by atoms with E-state index in [2.05, 4.69) is 50.4 Å². The third-order valence-corrected chi connectivity index (χ3v) is 6.41. The topological polar surface area (TPSA) is 49.4 Å². The Kier molecular flexibility index (Phi) is 6.00. The van der Waals surface area contributed by atoms with E-state index >= 15 is 0 Å². The van der Waals surface area contributed by atoms with Crippen LogP contribution in [0.5, 0.6) is 0 Å². The largest absolute Gasteiger partial charge is 0.353 e. The summed E-state index contributed by atoms with van der Waals surface area (Å²) in [7, 11) is 0. The molecule has 1 N–H and O–H groups in total. The molecule has 4 heteroatoms. The SMILES string of the molecule is Cc1ccc(CCN2CC(C(=O)NC3CCCC(C)C3C)CC2=O)cc1. The Bertz CT molecular complexity index is 640. The van der Waals surface area contributed by atoms with Crippen molar-refractivity contribution in [3.8, 4) is 0 Å². The molecule has 2 aliphatic rings. The van der Waals surface area contributed by atoms with Crippen LogP contribution in [0.1, 0.15) is 50.7 Å². The maximum absolute atomic E-state index is 12.7. The molecule has 1 saturated heterocycles. The molecular formula is C22H32N2O2. The van der Waals surface area contributed by atoms with Gasteiger partial charge < -0.3 is 10.2 Å².